The number of carboxylic acid groups (broad SMARTS) is 1. The first-order valence-electron chi connectivity index (χ1n) is 11.5. The Bertz CT molecular complexity index is 1080. The molecule has 0 radical (unpaired) electrons. The number of terminal acetylenes is 1. The van der Waals surface area contributed by atoms with Crippen molar-refractivity contribution in [3.8, 4) is 23.5 Å². The summed E-state index contributed by atoms with van der Waals surface area (Å²) in [5.74, 6) is 0.900. The van der Waals surface area contributed by atoms with Crippen LogP contribution in [0, 0.1) is 18.3 Å². The van der Waals surface area contributed by atoms with Gasteiger partial charge in [-0.3, -0.25) is 9.59 Å². The van der Waals surface area contributed by atoms with Gasteiger partial charge in [-0.2, -0.15) is 0 Å². The summed E-state index contributed by atoms with van der Waals surface area (Å²) < 4.78 is 5.53. The molecular weight excluding hydrogens is 432 g/mol. The molecule has 2 aliphatic rings. The average molecular weight is 461 g/mol. The standard InChI is InChI=1S/C27H28N2O5/c1-2-8-24(26(32)28-23-14-7-9-17(23)15-25(30)31)29-27(33)34-16-22-20-12-5-3-10-18(20)19-11-4-6-13-21(19)22/h1,3-6,10-13,17,22-24H,7-9,14-16H2,(H,28,32)(H,29,33)(H,30,31)/t17-,23+,24?/m0/s1. The van der Waals surface area contributed by atoms with Crippen LogP contribution in [0.1, 0.15) is 49.1 Å². The SMILES string of the molecule is C#CCC(NC(=O)OCC1c2ccccc2-c2ccccc21)C(=O)N[C@@H]1CCC[C@H]1CC(=O)O. The first-order chi connectivity index (χ1) is 16.5. The molecule has 2 aromatic carbocycles. The predicted octanol–water partition coefficient (Wildman–Crippen LogP) is 3.68. The molecule has 3 N–H and O–H groups in total. The highest BCUT2D eigenvalue weighted by Crippen LogP contribution is 2.44. The van der Waals surface area contributed by atoms with Crippen molar-refractivity contribution in [1.82, 2.24) is 10.6 Å². The quantitative estimate of drug-likeness (QED) is 0.522. The van der Waals surface area contributed by atoms with Crippen molar-refractivity contribution in [3.63, 3.8) is 0 Å². The molecule has 2 aliphatic carbocycles. The molecule has 0 saturated heterocycles. The Hall–Kier alpha value is -3.79. The third-order valence-electron chi connectivity index (χ3n) is 6.70. The summed E-state index contributed by atoms with van der Waals surface area (Å²) in [6, 6.07) is 14.9. The van der Waals surface area contributed by atoms with E-state index in [9.17, 15) is 14.4 Å². The van der Waals surface area contributed by atoms with Gasteiger partial charge in [0.1, 0.15) is 12.6 Å². The number of carbonyl (C=O) groups is 3. The normalized spacial score (nSPS) is 19.4. The number of carboxylic acids is 1. The zero-order valence-corrected chi connectivity index (χ0v) is 18.8. The van der Waals surface area contributed by atoms with Crippen LogP contribution in [0.4, 0.5) is 4.79 Å². The van der Waals surface area contributed by atoms with Crippen LogP contribution in [0.15, 0.2) is 48.5 Å². The van der Waals surface area contributed by atoms with Crippen LogP contribution in [-0.4, -0.2) is 41.8 Å². The van der Waals surface area contributed by atoms with Gasteiger partial charge in [0.05, 0.1) is 6.42 Å². The van der Waals surface area contributed by atoms with Crippen molar-refractivity contribution in [3.05, 3.63) is 59.7 Å². The Balaban J connectivity index is 1.37. The molecule has 2 aromatic rings. The van der Waals surface area contributed by atoms with Gasteiger partial charge in [0.2, 0.25) is 5.91 Å². The van der Waals surface area contributed by atoms with Crippen LogP contribution in [-0.2, 0) is 14.3 Å². The third-order valence-corrected chi connectivity index (χ3v) is 6.70. The van der Waals surface area contributed by atoms with Crippen LogP contribution in [0.5, 0.6) is 0 Å². The van der Waals surface area contributed by atoms with Gasteiger partial charge >= 0.3 is 12.1 Å². The number of alkyl carbamates (subject to hydrolysis) is 1. The van der Waals surface area contributed by atoms with Crippen LogP contribution in [0.25, 0.3) is 11.1 Å². The highest BCUT2D eigenvalue weighted by Gasteiger charge is 2.33. The second kappa shape index (κ2) is 10.4. The van der Waals surface area contributed by atoms with Crippen molar-refractivity contribution in [2.75, 3.05) is 6.61 Å². The molecule has 1 fully saturated rings. The van der Waals surface area contributed by atoms with E-state index in [-0.39, 0.29) is 37.3 Å². The summed E-state index contributed by atoms with van der Waals surface area (Å²) >= 11 is 0. The zero-order chi connectivity index (χ0) is 24.1. The van der Waals surface area contributed by atoms with Crippen LogP contribution < -0.4 is 10.6 Å². The summed E-state index contributed by atoms with van der Waals surface area (Å²) in [5.41, 5.74) is 4.45. The van der Waals surface area contributed by atoms with E-state index in [1.807, 2.05) is 36.4 Å². The molecule has 3 atom stereocenters. The number of hydrogen-bond acceptors (Lipinski definition) is 4. The number of ether oxygens (including phenoxy) is 1. The van der Waals surface area contributed by atoms with Crippen molar-refractivity contribution in [1.29, 1.82) is 0 Å². The van der Waals surface area contributed by atoms with E-state index < -0.39 is 24.0 Å². The van der Waals surface area contributed by atoms with Crippen molar-refractivity contribution in [2.45, 2.75) is 50.1 Å². The van der Waals surface area contributed by atoms with Crippen LogP contribution in [0.3, 0.4) is 0 Å². The Kier molecular flexibility index (Phi) is 7.17. The van der Waals surface area contributed by atoms with Gasteiger partial charge in [-0.25, -0.2) is 4.79 Å². The molecule has 0 spiro atoms. The molecule has 7 nitrogen and oxygen atoms in total. The van der Waals surface area contributed by atoms with Gasteiger partial charge in [-0.1, -0.05) is 55.0 Å². The summed E-state index contributed by atoms with van der Waals surface area (Å²) in [6.07, 6.45) is 7.02. The van der Waals surface area contributed by atoms with Crippen LogP contribution in [0.2, 0.25) is 0 Å². The fraction of sp³-hybridized carbons (Fsp3) is 0.370. The van der Waals surface area contributed by atoms with E-state index in [4.69, 9.17) is 16.3 Å². The molecular formula is C27H28N2O5. The van der Waals surface area contributed by atoms with Gasteiger partial charge < -0.3 is 20.5 Å². The Morgan fingerprint density at radius 3 is 2.32 bits per heavy atom. The Labute approximate surface area is 198 Å². The Morgan fingerprint density at radius 1 is 1.06 bits per heavy atom. The molecule has 176 valence electrons. The number of aliphatic carboxylic acids is 1. The Morgan fingerprint density at radius 2 is 1.71 bits per heavy atom. The summed E-state index contributed by atoms with van der Waals surface area (Å²) in [7, 11) is 0. The number of amides is 2. The molecule has 1 unspecified atom stereocenters. The smallest absolute Gasteiger partial charge is 0.407 e. The maximum absolute atomic E-state index is 12.8. The number of carbonyl (C=O) groups excluding carboxylic acids is 2. The lowest BCUT2D eigenvalue weighted by Gasteiger charge is -2.23. The van der Waals surface area contributed by atoms with Crippen LogP contribution >= 0.6 is 0 Å². The van der Waals surface area contributed by atoms with E-state index in [0.29, 0.717) is 6.42 Å². The molecule has 2 amide bonds. The molecule has 0 heterocycles. The lowest BCUT2D eigenvalue weighted by Crippen LogP contribution is -2.50. The lowest BCUT2D eigenvalue weighted by molar-refractivity contribution is -0.138. The second-order valence-corrected chi connectivity index (χ2v) is 8.83. The van der Waals surface area contributed by atoms with E-state index in [2.05, 4.69) is 28.7 Å². The van der Waals surface area contributed by atoms with Crippen molar-refractivity contribution in [2.24, 2.45) is 5.92 Å². The fourth-order valence-electron chi connectivity index (χ4n) is 5.09. The monoisotopic (exact) mass is 460 g/mol. The summed E-state index contributed by atoms with van der Waals surface area (Å²) in [5, 5.41) is 14.6. The zero-order valence-electron chi connectivity index (χ0n) is 18.8. The van der Waals surface area contributed by atoms with E-state index in [1.54, 1.807) is 0 Å². The molecule has 0 aromatic heterocycles. The number of nitrogens with one attached hydrogen (secondary N) is 2. The number of benzene rings is 2. The van der Waals surface area contributed by atoms with E-state index >= 15 is 0 Å². The molecule has 34 heavy (non-hydrogen) atoms. The molecule has 7 heteroatoms. The molecule has 0 bridgehead atoms. The maximum atomic E-state index is 12.8. The summed E-state index contributed by atoms with van der Waals surface area (Å²) in [4.78, 5) is 36.5. The highest BCUT2D eigenvalue weighted by molar-refractivity contribution is 5.86. The number of rotatable bonds is 8. The predicted molar refractivity (Wildman–Crippen MR) is 127 cm³/mol. The first kappa shape index (κ1) is 23.4. The number of fused-ring (bicyclic) bond motifs is 3. The molecule has 0 aliphatic heterocycles. The van der Waals surface area contributed by atoms with Gasteiger partial charge in [0.25, 0.3) is 0 Å². The van der Waals surface area contributed by atoms with Gasteiger partial charge in [0, 0.05) is 18.4 Å². The van der Waals surface area contributed by atoms with E-state index in [1.165, 1.54) is 0 Å². The third kappa shape index (κ3) is 5.07. The lowest BCUT2D eigenvalue weighted by atomic mass is 9.98. The minimum atomic E-state index is -0.952. The van der Waals surface area contributed by atoms with Crippen molar-refractivity contribution >= 4 is 18.0 Å². The fourth-order valence-corrected chi connectivity index (χ4v) is 5.09. The minimum Gasteiger partial charge on any atom is -0.481 e. The highest BCUT2D eigenvalue weighted by atomic mass is 16.5. The minimum absolute atomic E-state index is 0.00452. The van der Waals surface area contributed by atoms with Gasteiger partial charge in [0.15, 0.2) is 0 Å². The van der Waals surface area contributed by atoms with Crippen molar-refractivity contribution < 1.29 is 24.2 Å². The second-order valence-electron chi connectivity index (χ2n) is 8.83. The molecule has 4 rings (SSSR count). The number of hydrogen-bond donors (Lipinski definition) is 3. The molecule has 1 saturated carbocycles. The topological polar surface area (TPSA) is 105 Å². The largest absolute Gasteiger partial charge is 0.481 e. The first-order valence-corrected chi connectivity index (χ1v) is 11.5. The average Bonchev–Trinajstić information content (AvgIpc) is 3.38. The summed E-state index contributed by atoms with van der Waals surface area (Å²) in [6.45, 7) is 0.133. The van der Waals surface area contributed by atoms with E-state index in [0.717, 1.165) is 35.1 Å². The van der Waals surface area contributed by atoms with Gasteiger partial charge in [-0.05, 0) is 41.0 Å². The van der Waals surface area contributed by atoms with Gasteiger partial charge in [-0.15, -0.1) is 12.3 Å². The maximum Gasteiger partial charge on any atom is 0.407 e.